The van der Waals surface area contributed by atoms with E-state index in [1.165, 1.54) is 0 Å². The molecule has 1 aliphatic heterocycles. The Labute approximate surface area is 242 Å². The van der Waals surface area contributed by atoms with Crippen molar-refractivity contribution in [2.45, 2.75) is 105 Å². The lowest BCUT2D eigenvalue weighted by molar-refractivity contribution is -0.142. The van der Waals surface area contributed by atoms with Crippen LogP contribution in [0.4, 0.5) is 0 Å². The smallest absolute Gasteiger partial charge is 0.317 e. The average molecular weight is 571 g/mol. The Bertz CT molecular complexity index is 761. The van der Waals surface area contributed by atoms with Gasteiger partial charge in [-0.1, -0.05) is 55.4 Å². The second-order valence-electron chi connectivity index (χ2n) is 13.6. The van der Waals surface area contributed by atoms with Crippen molar-refractivity contribution in [3.8, 4) is 0 Å². The Balaban J connectivity index is 3.73. The Morgan fingerprint density at radius 1 is 0.575 bits per heavy atom. The monoisotopic (exact) mass is 570 g/mol. The van der Waals surface area contributed by atoms with Gasteiger partial charge in [0.2, 0.25) is 0 Å². The van der Waals surface area contributed by atoms with Crippen molar-refractivity contribution >= 4 is 17.9 Å². The third-order valence-electron chi connectivity index (χ3n) is 7.54. The first-order chi connectivity index (χ1) is 18.6. The quantitative estimate of drug-likeness (QED) is 0.246. The number of hydrogen-bond donors (Lipinski definition) is 4. The maximum Gasteiger partial charge on any atom is 0.317 e. The van der Waals surface area contributed by atoms with E-state index in [0.29, 0.717) is 50.4 Å². The number of rotatable bonds is 14. The van der Waals surface area contributed by atoms with Crippen LogP contribution < -0.4 is 5.32 Å². The van der Waals surface area contributed by atoms with Crippen LogP contribution in [0.15, 0.2) is 0 Å². The summed E-state index contributed by atoms with van der Waals surface area (Å²) in [5.74, 6) is -1.42. The number of carboxylic acid groups (broad SMARTS) is 3. The maximum atomic E-state index is 12.1. The predicted octanol–water partition coefficient (Wildman–Crippen LogP) is 3.41. The van der Waals surface area contributed by atoms with Crippen molar-refractivity contribution in [1.29, 1.82) is 0 Å². The van der Waals surface area contributed by atoms with E-state index in [0.717, 1.165) is 19.3 Å². The van der Waals surface area contributed by atoms with Crippen molar-refractivity contribution in [3.05, 3.63) is 0 Å². The Kier molecular flexibility index (Phi) is 16.3. The molecule has 0 bridgehead atoms. The third kappa shape index (κ3) is 14.8. The van der Waals surface area contributed by atoms with E-state index in [1.807, 2.05) is 14.7 Å². The van der Waals surface area contributed by atoms with Crippen LogP contribution in [0.3, 0.4) is 0 Å². The van der Waals surface area contributed by atoms with Crippen molar-refractivity contribution < 1.29 is 29.7 Å². The standard InChI is InChI=1S/C30H58N4O6/c1-20(2)9-24-14-32(17-28(35)36)26(11-22(5)6)16-34(19-30(39)40)27(12-23(7)8)15-33(18-29(37)38)25(13-31-24)10-21(3)4/h20-27,31H,9-19H2,1-8H3,(H,35,36)(H,37,38)(H,39,40)/t24-,25-,26-,27-/m1/s1. The number of carboxylic acids is 3. The van der Waals surface area contributed by atoms with E-state index in [1.54, 1.807) is 0 Å². The Morgan fingerprint density at radius 2 is 0.900 bits per heavy atom. The molecule has 0 aliphatic carbocycles. The fourth-order valence-corrected chi connectivity index (χ4v) is 6.14. The Hall–Kier alpha value is -1.75. The summed E-state index contributed by atoms with van der Waals surface area (Å²) < 4.78 is 0. The number of aliphatic carboxylic acids is 3. The summed E-state index contributed by atoms with van der Waals surface area (Å²) in [6.07, 6.45) is 3.11. The van der Waals surface area contributed by atoms with Crippen LogP contribution in [0.25, 0.3) is 0 Å². The first-order valence-electron chi connectivity index (χ1n) is 15.2. The van der Waals surface area contributed by atoms with E-state index in [4.69, 9.17) is 0 Å². The lowest BCUT2D eigenvalue weighted by atomic mass is 9.94. The van der Waals surface area contributed by atoms with E-state index < -0.39 is 17.9 Å². The first-order valence-corrected chi connectivity index (χ1v) is 15.2. The summed E-state index contributed by atoms with van der Waals surface area (Å²) in [5, 5.41) is 33.4. The van der Waals surface area contributed by atoms with Crippen LogP contribution in [0.1, 0.15) is 81.1 Å². The highest BCUT2D eigenvalue weighted by Crippen LogP contribution is 2.23. The van der Waals surface area contributed by atoms with E-state index in [-0.39, 0.29) is 49.7 Å². The molecule has 4 N–H and O–H groups in total. The molecule has 0 aromatic carbocycles. The molecule has 1 rings (SSSR count). The lowest BCUT2D eigenvalue weighted by Gasteiger charge is -2.44. The molecular weight excluding hydrogens is 512 g/mol. The van der Waals surface area contributed by atoms with Crippen LogP contribution in [0.2, 0.25) is 0 Å². The minimum Gasteiger partial charge on any atom is -0.480 e. The van der Waals surface area contributed by atoms with Gasteiger partial charge in [0.05, 0.1) is 19.6 Å². The minimum atomic E-state index is -0.934. The van der Waals surface area contributed by atoms with Crippen molar-refractivity contribution in [2.75, 3.05) is 45.8 Å². The molecule has 40 heavy (non-hydrogen) atoms. The first kappa shape index (κ1) is 36.3. The van der Waals surface area contributed by atoms with Crippen molar-refractivity contribution in [2.24, 2.45) is 23.7 Å². The summed E-state index contributed by atoms with van der Waals surface area (Å²) in [5.41, 5.74) is 0. The van der Waals surface area contributed by atoms with E-state index in [9.17, 15) is 29.7 Å². The third-order valence-corrected chi connectivity index (χ3v) is 7.54. The number of nitrogens with zero attached hydrogens (tertiary/aromatic N) is 3. The topological polar surface area (TPSA) is 134 Å². The lowest BCUT2D eigenvalue weighted by Crippen LogP contribution is -2.59. The molecular formula is C30H58N4O6. The summed E-state index contributed by atoms with van der Waals surface area (Å²) >= 11 is 0. The molecule has 10 nitrogen and oxygen atoms in total. The zero-order valence-electron chi connectivity index (χ0n) is 26.3. The number of nitrogens with one attached hydrogen (secondary N) is 1. The molecule has 1 aliphatic rings. The SMILES string of the molecule is CC(C)C[C@@H]1CN(CC(=O)O)[C@H](CC(C)C)CN(CC(=O)O)[C@H](CC(C)C)CN(CC(=O)O)[C@H](CC(C)C)CN1. The molecule has 0 unspecified atom stereocenters. The van der Waals surface area contributed by atoms with Gasteiger partial charge in [0.1, 0.15) is 0 Å². The summed E-state index contributed by atoms with van der Waals surface area (Å²) in [4.78, 5) is 42.3. The largest absolute Gasteiger partial charge is 0.480 e. The van der Waals surface area contributed by atoms with Gasteiger partial charge in [-0.2, -0.15) is 0 Å². The van der Waals surface area contributed by atoms with Crippen LogP contribution in [0.5, 0.6) is 0 Å². The van der Waals surface area contributed by atoms with E-state index in [2.05, 4.69) is 60.7 Å². The normalized spacial score (nSPS) is 24.9. The maximum absolute atomic E-state index is 12.1. The van der Waals surface area contributed by atoms with Gasteiger partial charge in [-0.25, -0.2) is 0 Å². The molecule has 0 saturated carbocycles. The van der Waals surface area contributed by atoms with Gasteiger partial charge in [0.15, 0.2) is 0 Å². The molecule has 0 aromatic rings. The highest BCUT2D eigenvalue weighted by atomic mass is 16.4. The van der Waals surface area contributed by atoms with Gasteiger partial charge >= 0.3 is 17.9 Å². The van der Waals surface area contributed by atoms with Gasteiger partial charge in [0.25, 0.3) is 0 Å². The van der Waals surface area contributed by atoms with Crippen LogP contribution in [-0.2, 0) is 14.4 Å². The fraction of sp³-hybridized carbons (Fsp3) is 0.900. The van der Waals surface area contributed by atoms with Crippen LogP contribution >= 0.6 is 0 Å². The van der Waals surface area contributed by atoms with E-state index >= 15 is 0 Å². The molecule has 0 radical (unpaired) electrons. The summed E-state index contributed by atoms with van der Waals surface area (Å²) in [7, 11) is 0. The molecule has 0 spiro atoms. The summed E-state index contributed by atoms with van der Waals surface area (Å²) in [6, 6.07) is -0.363. The molecule has 10 heteroatoms. The summed E-state index contributed by atoms with van der Waals surface area (Å²) in [6.45, 7) is 18.6. The molecule has 234 valence electrons. The Morgan fingerprint density at radius 3 is 1.25 bits per heavy atom. The second kappa shape index (κ2) is 17.9. The van der Waals surface area contributed by atoms with Crippen LogP contribution in [-0.4, -0.2) is 118 Å². The zero-order valence-corrected chi connectivity index (χ0v) is 26.3. The van der Waals surface area contributed by atoms with Gasteiger partial charge in [-0.15, -0.1) is 0 Å². The van der Waals surface area contributed by atoms with Crippen molar-refractivity contribution in [1.82, 2.24) is 20.0 Å². The molecule has 0 amide bonds. The van der Waals surface area contributed by atoms with Crippen LogP contribution in [0, 0.1) is 23.7 Å². The van der Waals surface area contributed by atoms with Crippen molar-refractivity contribution in [3.63, 3.8) is 0 Å². The number of hydrogen-bond acceptors (Lipinski definition) is 7. The van der Waals surface area contributed by atoms with Gasteiger partial charge < -0.3 is 20.6 Å². The fourth-order valence-electron chi connectivity index (χ4n) is 6.14. The highest BCUT2D eigenvalue weighted by molar-refractivity contribution is 5.70. The molecule has 1 saturated heterocycles. The van der Waals surface area contributed by atoms with Gasteiger partial charge in [-0.05, 0) is 49.4 Å². The average Bonchev–Trinajstić information content (AvgIpc) is 2.76. The van der Waals surface area contributed by atoms with Gasteiger partial charge in [0, 0.05) is 50.3 Å². The molecule has 1 fully saturated rings. The zero-order chi connectivity index (χ0) is 30.6. The predicted molar refractivity (Wildman–Crippen MR) is 159 cm³/mol. The minimum absolute atomic E-state index is 0.0224. The molecule has 4 atom stereocenters. The number of carbonyl (C=O) groups is 3. The molecule has 1 heterocycles. The second-order valence-corrected chi connectivity index (χ2v) is 13.6. The highest BCUT2D eigenvalue weighted by Gasteiger charge is 2.34. The molecule has 0 aromatic heterocycles. The van der Waals surface area contributed by atoms with Gasteiger partial charge in [-0.3, -0.25) is 29.1 Å².